The number of nitrogens with one attached hydrogen (secondary N) is 2. The van der Waals surface area contributed by atoms with Crippen molar-refractivity contribution in [3.63, 3.8) is 0 Å². The number of likely N-dealkylation sites (N-methyl/N-ethyl adjacent to an activating group) is 1. The van der Waals surface area contributed by atoms with Crippen molar-refractivity contribution in [3.8, 4) is 0 Å². The fourth-order valence-electron chi connectivity index (χ4n) is 2.17. The van der Waals surface area contributed by atoms with E-state index >= 15 is 0 Å². The first kappa shape index (κ1) is 15.5. The molecule has 2 aromatic rings. The summed E-state index contributed by atoms with van der Waals surface area (Å²) in [5.74, 6) is -0.00916. The molecule has 4 heteroatoms. The van der Waals surface area contributed by atoms with Gasteiger partial charge in [-0.1, -0.05) is 36.4 Å². The van der Waals surface area contributed by atoms with Crippen LogP contribution in [0.15, 0.2) is 42.5 Å². The van der Waals surface area contributed by atoms with E-state index in [1.165, 1.54) is 0 Å². The zero-order valence-electron chi connectivity index (χ0n) is 12.9. The van der Waals surface area contributed by atoms with E-state index in [-0.39, 0.29) is 11.9 Å². The highest BCUT2D eigenvalue weighted by molar-refractivity contribution is 6.03. The van der Waals surface area contributed by atoms with Gasteiger partial charge in [-0.05, 0) is 32.5 Å². The predicted molar refractivity (Wildman–Crippen MR) is 88.6 cm³/mol. The first-order valence-electron chi connectivity index (χ1n) is 7.24. The Bertz CT molecular complexity index is 605. The molecule has 0 aliphatic carbocycles. The molecule has 0 aliphatic heterocycles. The molecule has 0 bridgehead atoms. The molecule has 0 saturated heterocycles. The van der Waals surface area contributed by atoms with Gasteiger partial charge in [0.05, 0.1) is 6.04 Å². The molecule has 2 N–H and O–H groups in total. The Hall–Kier alpha value is -1.91. The zero-order chi connectivity index (χ0) is 15.2. The molecule has 0 aromatic heterocycles. The van der Waals surface area contributed by atoms with Gasteiger partial charge in [-0.15, -0.1) is 0 Å². The minimum absolute atomic E-state index is 0.00916. The number of rotatable bonds is 6. The van der Waals surface area contributed by atoms with Crippen LogP contribution in [0.5, 0.6) is 0 Å². The third kappa shape index (κ3) is 4.28. The standard InChI is InChI=1S/C17H23N3O/c1-13(18-11-12-20(2)3)17(21)19-16-10-6-8-14-7-4-5-9-15(14)16/h4-10,13,18H,11-12H2,1-3H3,(H,19,21)/t13-/m0/s1. The van der Waals surface area contributed by atoms with Gasteiger partial charge in [0.1, 0.15) is 0 Å². The molecule has 0 unspecified atom stereocenters. The molecule has 2 rings (SSSR count). The average molecular weight is 285 g/mol. The Kier molecular flexibility index (Phi) is 5.31. The van der Waals surface area contributed by atoms with Gasteiger partial charge in [0.15, 0.2) is 0 Å². The number of benzene rings is 2. The topological polar surface area (TPSA) is 44.4 Å². The SMILES string of the molecule is C[C@H](NCCN(C)C)C(=O)Nc1cccc2ccccc12. The molecule has 1 amide bonds. The van der Waals surface area contributed by atoms with Crippen molar-refractivity contribution in [3.05, 3.63) is 42.5 Å². The summed E-state index contributed by atoms with van der Waals surface area (Å²) in [5.41, 5.74) is 0.861. The second kappa shape index (κ2) is 7.20. The molecular formula is C17H23N3O. The highest BCUT2D eigenvalue weighted by Crippen LogP contribution is 2.22. The number of carbonyl (C=O) groups is 1. The largest absolute Gasteiger partial charge is 0.324 e. The molecule has 0 saturated carbocycles. The van der Waals surface area contributed by atoms with E-state index in [1.807, 2.05) is 63.5 Å². The first-order valence-corrected chi connectivity index (χ1v) is 7.24. The van der Waals surface area contributed by atoms with Crippen molar-refractivity contribution >= 4 is 22.4 Å². The molecule has 1 atom stereocenters. The van der Waals surface area contributed by atoms with Crippen LogP contribution in [-0.2, 0) is 4.79 Å². The summed E-state index contributed by atoms with van der Waals surface area (Å²) in [5, 5.41) is 8.43. The summed E-state index contributed by atoms with van der Waals surface area (Å²) >= 11 is 0. The summed E-state index contributed by atoms with van der Waals surface area (Å²) in [6.45, 7) is 3.58. The lowest BCUT2D eigenvalue weighted by Crippen LogP contribution is -2.41. The van der Waals surface area contributed by atoms with Gasteiger partial charge in [0.25, 0.3) is 0 Å². The Balaban J connectivity index is 2.01. The molecule has 0 radical (unpaired) electrons. The zero-order valence-corrected chi connectivity index (χ0v) is 12.9. The molecule has 4 nitrogen and oxygen atoms in total. The molecule has 0 heterocycles. The van der Waals surface area contributed by atoms with Gasteiger partial charge in [-0.25, -0.2) is 0 Å². The van der Waals surface area contributed by atoms with Crippen molar-refractivity contribution in [1.29, 1.82) is 0 Å². The number of nitrogens with zero attached hydrogens (tertiary/aromatic N) is 1. The fraction of sp³-hybridized carbons (Fsp3) is 0.353. The quantitative estimate of drug-likeness (QED) is 0.856. The highest BCUT2D eigenvalue weighted by atomic mass is 16.2. The molecule has 0 fully saturated rings. The predicted octanol–water partition coefficient (Wildman–Crippen LogP) is 2.32. The smallest absolute Gasteiger partial charge is 0.241 e. The van der Waals surface area contributed by atoms with Gasteiger partial charge in [0, 0.05) is 24.2 Å². The van der Waals surface area contributed by atoms with Crippen molar-refractivity contribution in [2.75, 3.05) is 32.5 Å². The van der Waals surface area contributed by atoms with Crippen LogP contribution >= 0.6 is 0 Å². The maximum Gasteiger partial charge on any atom is 0.241 e. The van der Waals surface area contributed by atoms with Crippen molar-refractivity contribution in [1.82, 2.24) is 10.2 Å². The minimum atomic E-state index is -0.219. The van der Waals surface area contributed by atoms with Crippen LogP contribution in [-0.4, -0.2) is 44.0 Å². The van der Waals surface area contributed by atoms with Crippen molar-refractivity contribution in [2.24, 2.45) is 0 Å². The van der Waals surface area contributed by atoms with E-state index in [1.54, 1.807) is 0 Å². The molecule has 112 valence electrons. The van der Waals surface area contributed by atoms with Gasteiger partial charge >= 0.3 is 0 Å². The summed E-state index contributed by atoms with van der Waals surface area (Å²) in [7, 11) is 4.03. The third-order valence-electron chi connectivity index (χ3n) is 3.45. The van der Waals surface area contributed by atoms with Gasteiger partial charge in [-0.3, -0.25) is 4.79 Å². The number of amides is 1. The van der Waals surface area contributed by atoms with Crippen molar-refractivity contribution < 1.29 is 4.79 Å². The second-order valence-electron chi connectivity index (χ2n) is 5.50. The van der Waals surface area contributed by atoms with Crippen LogP contribution in [0.25, 0.3) is 10.8 Å². The monoisotopic (exact) mass is 285 g/mol. The van der Waals surface area contributed by atoms with Crippen LogP contribution in [0, 0.1) is 0 Å². The Morgan fingerprint density at radius 3 is 2.62 bits per heavy atom. The first-order chi connectivity index (χ1) is 10.1. The lowest BCUT2D eigenvalue weighted by molar-refractivity contribution is -0.117. The van der Waals surface area contributed by atoms with E-state index in [0.29, 0.717) is 0 Å². The van der Waals surface area contributed by atoms with Gasteiger partial charge < -0.3 is 15.5 Å². The number of fused-ring (bicyclic) bond motifs is 1. The van der Waals surface area contributed by atoms with Crippen molar-refractivity contribution in [2.45, 2.75) is 13.0 Å². The van der Waals surface area contributed by atoms with Crippen LogP contribution in [0.4, 0.5) is 5.69 Å². The molecule has 0 aliphatic rings. The molecule has 2 aromatic carbocycles. The number of carbonyl (C=O) groups excluding carboxylic acids is 1. The Morgan fingerprint density at radius 2 is 1.86 bits per heavy atom. The van der Waals surface area contributed by atoms with Crippen LogP contribution < -0.4 is 10.6 Å². The van der Waals surface area contributed by atoms with E-state index in [0.717, 1.165) is 29.5 Å². The minimum Gasteiger partial charge on any atom is -0.324 e. The number of hydrogen-bond donors (Lipinski definition) is 2. The molecule has 21 heavy (non-hydrogen) atoms. The van der Waals surface area contributed by atoms with Crippen LogP contribution in [0.1, 0.15) is 6.92 Å². The Labute approximate surface area is 126 Å². The van der Waals surface area contributed by atoms with Gasteiger partial charge in [0.2, 0.25) is 5.91 Å². The van der Waals surface area contributed by atoms with Crippen LogP contribution in [0.2, 0.25) is 0 Å². The van der Waals surface area contributed by atoms with Gasteiger partial charge in [-0.2, -0.15) is 0 Å². The number of anilines is 1. The van der Waals surface area contributed by atoms with Crippen LogP contribution in [0.3, 0.4) is 0 Å². The molecular weight excluding hydrogens is 262 g/mol. The summed E-state index contributed by atoms with van der Waals surface area (Å²) in [6.07, 6.45) is 0. The van der Waals surface area contributed by atoms with E-state index in [2.05, 4.69) is 15.5 Å². The van der Waals surface area contributed by atoms with E-state index in [9.17, 15) is 4.79 Å². The highest BCUT2D eigenvalue weighted by Gasteiger charge is 2.13. The summed E-state index contributed by atoms with van der Waals surface area (Å²) in [6, 6.07) is 13.8. The van der Waals surface area contributed by atoms with E-state index < -0.39 is 0 Å². The average Bonchev–Trinajstić information content (AvgIpc) is 2.47. The van der Waals surface area contributed by atoms with E-state index in [4.69, 9.17) is 0 Å². The third-order valence-corrected chi connectivity index (χ3v) is 3.45. The lowest BCUT2D eigenvalue weighted by Gasteiger charge is -2.16. The maximum absolute atomic E-state index is 12.2. The molecule has 0 spiro atoms. The number of hydrogen-bond acceptors (Lipinski definition) is 3. The maximum atomic E-state index is 12.2. The normalized spacial score (nSPS) is 12.6. The fourth-order valence-corrected chi connectivity index (χ4v) is 2.17. The summed E-state index contributed by atoms with van der Waals surface area (Å²) in [4.78, 5) is 14.3. The Morgan fingerprint density at radius 1 is 1.14 bits per heavy atom. The summed E-state index contributed by atoms with van der Waals surface area (Å²) < 4.78 is 0. The second-order valence-corrected chi connectivity index (χ2v) is 5.50. The lowest BCUT2D eigenvalue weighted by atomic mass is 10.1.